The van der Waals surface area contributed by atoms with Gasteiger partial charge in [-0.3, -0.25) is 14.4 Å². The fraction of sp³-hybridized carbons (Fsp3) is 0.448. The van der Waals surface area contributed by atoms with Gasteiger partial charge in [0.1, 0.15) is 17.7 Å². The lowest BCUT2D eigenvalue weighted by Crippen LogP contribution is -2.52. The molecule has 4 amide bonds. The second kappa shape index (κ2) is 13.1. The summed E-state index contributed by atoms with van der Waals surface area (Å²) in [5.74, 6) is -1.53. The van der Waals surface area contributed by atoms with Gasteiger partial charge in [-0.25, -0.2) is 4.79 Å². The van der Waals surface area contributed by atoms with E-state index in [1.54, 1.807) is 33.8 Å². The molecule has 9 nitrogen and oxygen atoms in total. The molecule has 38 heavy (non-hydrogen) atoms. The van der Waals surface area contributed by atoms with E-state index in [0.29, 0.717) is 11.3 Å². The zero-order valence-corrected chi connectivity index (χ0v) is 23.4. The number of hydrogen-bond acceptors (Lipinski definition) is 5. The first-order valence-electron chi connectivity index (χ1n) is 12.8. The Labute approximate surface area is 225 Å². The smallest absolute Gasteiger partial charge is 0.408 e. The van der Waals surface area contributed by atoms with Gasteiger partial charge in [0.05, 0.1) is 0 Å². The maximum Gasteiger partial charge on any atom is 0.408 e. The molecular weight excluding hydrogens is 484 g/mol. The minimum absolute atomic E-state index is 0.0388. The Balaban J connectivity index is 2.52. The Morgan fingerprint density at radius 3 is 2.18 bits per heavy atom. The van der Waals surface area contributed by atoms with Crippen LogP contribution in [0, 0.1) is 20.8 Å². The van der Waals surface area contributed by atoms with Crippen molar-refractivity contribution in [3.63, 3.8) is 0 Å². The van der Waals surface area contributed by atoms with Crippen LogP contribution in [0.5, 0.6) is 0 Å². The van der Waals surface area contributed by atoms with Crippen LogP contribution in [0.15, 0.2) is 42.5 Å². The number of ether oxygens (including phenoxy) is 1. The first-order valence-corrected chi connectivity index (χ1v) is 12.8. The number of nitrogens with one attached hydrogen (secondary N) is 2. The minimum atomic E-state index is -1.13. The Kier molecular flexibility index (Phi) is 10.4. The average molecular weight is 525 g/mol. The Morgan fingerprint density at radius 2 is 1.61 bits per heavy atom. The van der Waals surface area contributed by atoms with Crippen LogP contribution < -0.4 is 16.4 Å². The maximum atomic E-state index is 13.9. The first-order chi connectivity index (χ1) is 17.7. The third kappa shape index (κ3) is 8.33. The molecule has 0 aliphatic rings. The van der Waals surface area contributed by atoms with Crippen LogP contribution in [0.2, 0.25) is 0 Å². The molecule has 9 heteroatoms. The zero-order valence-electron chi connectivity index (χ0n) is 23.4. The topological polar surface area (TPSA) is 131 Å². The third-order valence-electron chi connectivity index (χ3n) is 6.20. The predicted molar refractivity (Wildman–Crippen MR) is 147 cm³/mol. The van der Waals surface area contributed by atoms with Crippen molar-refractivity contribution in [2.45, 2.75) is 79.0 Å². The standard InChI is InChI=1S/C29H40N4O5/c1-8-33(27(36)23(16-17-24(30)34)32-28(37)38-29(5,6)7)25(21-14-11-13-18(2)20(21)4)26(35)31-22-15-10-9-12-19(22)3/h9-15,23,25H,8,16-17H2,1-7H3,(H2,30,34)(H,31,35)(H,32,37). The zero-order chi connectivity index (χ0) is 28.6. The predicted octanol–water partition coefficient (Wildman–Crippen LogP) is 4.30. The molecule has 206 valence electrons. The number of hydrogen-bond donors (Lipinski definition) is 3. The lowest BCUT2D eigenvalue weighted by atomic mass is 9.94. The van der Waals surface area contributed by atoms with Crippen molar-refractivity contribution in [3.8, 4) is 0 Å². The van der Waals surface area contributed by atoms with Gasteiger partial charge in [0, 0.05) is 18.7 Å². The number of carbonyl (C=O) groups excluding carboxylic acids is 4. The molecule has 0 heterocycles. The number of primary amides is 1. The Bertz CT molecular complexity index is 1170. The minimum Gasteiger partial charge on any atom is -0.444 e. The van der Waals surface area contributed by atoms with Gasteiger partial charge in [0.25, 0.3) is 5.91 Å². The van der Waals surface area contributed by atoms with Crippen LogP contribution in [0.3, 0.4) is 0 Å². The van der Waals surface area contributed by atoms with Crippen LogP contribution in [-0.4, -0.2) is 46.9 Å². The van der Waals surface area contributed by atoms with E-state index in [-0.39, 0.29) is 19.4 Å². The van der Waals surface area contributed by atoms with E-state index in [1.165, 1.54) is 4.90 Å². The van der Waals surface area contributed by atoms with E-state index in [4.69, 9.17) is 10.5 Å². The number of rotatable bonds is 10. The summed E-state index contributed by atoms with van der Waals surface area (Å²) in [5.41, 5.74) is 8.57. The van der Waals surface area contributed by atoms with Crippen LogP contribution in [0.1, 0.15) is 68.8 Å². The highest BCUT2D eigenvalue weighted by molar-refractivity contribution is 5.99. The lowest BCUT2D eigenvalue weighted by molar-refractivity contribution is -0.140. The molecular formula is C29H40N4O5. The van der Waals surface area contributed by atoms with E-state index < -0.39 is 41.5 Å². The summed E-state index contributed by atoms with van der Waals surface area (Å²) < 4.78 is 5.34. The molecule has 0 saturated carbocycles. The number of benzene rings is 2. The van der Waals surface area contributed by atoms with E-state index in [0.717, 1.165) is 16.7 Å². The van der Waals surface area contributed by atoms with Crippen molar-refractivity contribution >= 4 is 29.5 Å². The van der Waals surface area contributed by atoms with E-state index in [1.807, 2.05) is 57.2 Å². The van der Waals surface area contributed by atoms with Gasteiger partial charge in [-0.05, 0) is 83.2 Å². The summed E-state index contributed by atoms with van der Waals surface area (Å²) in [4.78, 5) is 53.3. The number of amides is 4. The second-order valence-electron chi connectivity index (χ2n) is 10.3. The highest BCUT2D eigenvalue weighted by Crippen LogP contribution is 2.29. The molecule has 0 saturated heterocycles. The molecule has 2 aromatic rings. The molecule has 2 atom stereocenters. The summed E-state index contributed by atoms with van der Waals surface area (Å²) in [6.07, 6.45) is -0.972. The van der Waals surface area contributed by atoms with Gasteiger partial charge in [0.2, 0.25) is 11.8 Å². The molecule has 2 rings (SSSR count). The van der Waals surface area contributed by atoms with Gasteiger partial charge in [-0.1, -0.05) is 36.4 Å². The Morgan fingerprint density at radius 1 is 0.974 bits per heavy atom. The van der Waals surface area contributed by atoms with Crippen LogP contribution in [-0.2, 0) is 19.1 Å². The molecule has 0 fully saturated rings. The van der Waals surface area contributed by atoms with Gasteiger partial charge in [-0.2, -0.15) is 0 Å². The summed E-state index contributed by atoms with van der Waals surface area (Å²) in [6.45, 7) is 12.8. The molecule has 0 aliphatic carbocycles. The quantitative estimate of drug-likeness (QED) is 0.427. The van der Waals surface area contributed by atoms with E-state index in [9.17, 15) is 19.2 Å². The van der Waals surface area contributed by atoms with E-state index in [2.05, 4.69) is 10.6 Å². The van der Waals surface area contributed by atoms with Crippen molar-refractivity contribution < 1.29 is 23.9 Å². The SMILES string of the molecule is CCN(C(=O)C(CCC(N)=O)NC(=O)OC(C)(C)C)C(C(=O)Nc1ccccc1C)c1cccc(C)c1C. The van der Waals surface area contributed by atoms with Gasteiger partial charge in [-0.15, -0.1) is 0 Å². The monoisotopic (exact) mass is 524 g/mol. The summed E-state index contributed by atoms with van der Waals surface area (Å²) in [6, 6.07) is 10.9. The van der Waals surface area contributed by atoms with Crippen molar-refractivity contribution in [3.05, 3.63) is 64.7 Å². The molecule has 0 radical (unpaired) electrons. The highest BCUT2D eigenvalue weighted by Gasteiger charge is 2.36. The van der Waals surface area contributed by atoms with Gasteiger partial charge in [0.15, 0.2) is 0 Å². The van der Waals surface area contributed by atoms with Crippen LogP contribution >= 0.6 is 0 Å². The van der Waals surface area contributed by atoms with Crippen molar-refractivity contribution in [2.24, 2.45) is 5.73 Å². The number of anilines is 1. The summed E-state index contributed by atoms with van der Waals surface area (Å²) >= 11 is 0. The summed E-state index contributed by atoms with van der Waals surface area (Å²) in [7, 11) is 0. The van der Waals surface area contributed by atoms with Crippen LogP contribution in [0.4, 0.5) is 10.5 Å². The fourth-order valence-electron chi connectivity index (χ4n) is 4.09. The third-order valence-corrected chi connectivity index (χ3v) is 6.20. The maximum absolute atomic E-state index is 13.9. The second-order valence-corrected chi connectivity index (χ2v) is 10.3. The first kappa shape index (κ1) is 30.3. The Hall–Kier alpha value is -3.88. The normalized spacial score (nSPS) is 12.7. The molecule has 2 unspecified atom stereocenters. The molecule has 2 aromatic carbocycles. The number of nitrogens with two attached hydrogens (primary N) is 1. The molecule has 0 aliphatic heterocycles. The fourth-order valence-corrected chi connectivity index (χ4v) is 4.09. The number of alkyl carbamates (subject to hydrolysis) is 1. The highest BCUT2D eigenvalue weighted by atomic mass is 16.6. The summed E-state index contributed by atoms with van der Waals surface area (Å²) in [5, 5.41) is 5.55. The number of nitrogens with zero attached hydrogens (tertiary/aromatic N) is 1. The average Bonchev–Trinajstić information content (AvgIpc) is 2.82. The molecule has 0 bridgehead atoms. The van der Waals surface area contributed by atoms with Crippen molar-refractivity contribution in [2.75, 3.05) is 11.9 Å². The van der Waals surface area contributed by atoms with E-state index >= 15 is 0 Å². The molecule has 0 aromatic heterocycles. The van der Waals surface area contributed by atoms with Gasteiger partial charge < -0.3 is 26.0 Å². The number of para-hydroxylation sites is 1. The lowest BCUT2D eigenvalue weighted by Gasteiger charge is -2.34. The van der Waals surface area contributed by atoms with Crippen LogP contribution in [0.25, 0.3) is 0 Å². The van der Waals surface area contributed by atoms with Crippen molar-refractivity contribution in [1.29, 1.82) is 0 Å². The largest absolute Gasteiger partial charge is 0.444 e. The van der Waals surface area contributed by atoms with Crippen molar-refractivity contribution in [1.82, 2.24) is 10.2 Å². The number of carbonyl (C=O) groups is 4. The molecule has 0 spiro atoms. The van der Waals surface area contributed by atoms with Gasteiger partial charge >= 0.3 is 6.09 Å². The number of likely N-dealkylation sites (N-methyl/N-ethyl adjacent to an activating group) is 1. The number of aryl methyl sites for hydroxylation is 2. The molecule has 4 N–H and O–H groups in total.